The zero-order chi connectivity index (χ0) is 22.5. The molecule has 0 aliphatic carbocycles. The Bertz CT molecular complexity index is 683. The van der Waals surface area contributed by atoms with Gasteiger partial charge in [0.05, 0.1) is 5.75 Å². The van der Waals surface area contributed by atoms with Crippen LogP contribution in [0.25, 0.3) is 0 Å². The fourth-order valence-corrected chi connectivity index (χ4v) is 4.43. The Balaban J connectivity index is 0.000000516. The smallest absolute Gasteiger partial charge is 0.475 e. The first-order valence-corrected chi connectivity index (χ1v) is 11.8. The molecular formula is C18H31F3N2O5S. The maximum atomic E-state index is 12.3. The van der Waals surface area contributed by atoms with Crippen LogP contribution in [0.15, 0.2) is 0 Å². The van der Waals surface area contributed by atoms with Gasteiger partial charge in [-0.05, 0) is 45.6 Å². The highest BCUT2D eigenvalue weighted by molar-refractivity contribution is 7.90. The van der Waals surface area contributed by atoms with Crippen LogP contribution in [-0.4, -0.2) is 84.6 Å². The number of rotatable bonds is 5. The van der Waals surface area contributed by atoms with E-state index in [0.717, 1.165) is 45.2 Å². The van der Waals surface area contributed by atoms with E-state index in [1.54, 1.807) is 0 Å². The number of amides is 1. The van der Waals surface area contributed by atoms with E-state index in [-0.39, 0.29) is 17.2 Å². The Morgan fingerprint density at radius 3 is 2.31 bits per heavy atom. The maximum absolute atomic E-state index is 12.3. The van der Waals surface area contributed by atoms with Gasteiger partial charge in [-0.2, -0.15) is 13.2 Å². The van der Waals surface area contributed by atoms with Crippen molar-refractivity contribution in [1.29, 1.82) is 0 Å². The molecule has 2 aliphatic rings. The summed E-state index contributed by atoms with van der Waals surface area (Å²) in [5.74, 6) is -2.54. The van der Waals surface area contributed by atoms with Gasteiger partial charge in [0.1, 0.15) is 9.84 Å². The number of halogens is 3. The number of sulfone groups is 1. The molecule has 11 heteroatoms. The van der Waals surface area contributed by atoms with Crippen LogP contribution >= 0.6 is 0 Å². The molecule has 2 heterocycles. The molecule has 1 amide bonds. The average molecular weight is 445 g/mol. The quantitative estimate of drug-likeness (QED) is 0.699. The predicted octanol–water partition coefficient (Wildman–Crippen LogP) is 2.31. The molecule has 0 bridgehead atoms. The number of likely N-dealkylation sites (tertiary alicyclic amines) is 2. The van der Waals surface area contributed by atoms with Crippen molar-refractivity contribution in [3.63, 3.8) is 0 Å². The summed E-state index contributed by atoms with van der Waals surface area (Å²) in [6.07, 6.45) is 1.86. The third-order valence-electron chi connectivity index (χ3n) is 5.77. The van der Waals surface area contributed by atoms with Crippen LogP contribution in [0.2, 0.25) is 0 Å². The van der Waals surface area contributed by atoms with Crippen molar-refractivity contribution < 1.29 is 36.3 Å². The summed E-state index contributed by atoms with van der Waals surface area (Å²) in [6, 6.07) is 0.580. The van der Waals surface area contributed by atoms with Crippen LogP contribution < -0.4 is 0 Å². The van der Waals surface area contributed by atoms with Gasteiger partial charge >= 0.3 is 12.1 Å². The van der Waals surface area contributed by atoms with Gasteiger partial charge < -0.3 is 14.9 Å². The molecule has 2 fully saturated rings. The second kappa shape index (κ2) is 10.1. The summed E-state index contributed by atoms with van der Waals surface area (Å²) in [5.41, 5.74) is -0.0933. The van der Waals surface area contributed by atoms with E-state index in [0.29, 0.717) is 19.0 Å². The van der Waals surface area contributed by atoms with Crippen molar-refractivity contribution in [1.82, 2.24) is 9.80 Å². The van der Waals surface area contributed by atoms with Gasteiger partial charge in [-0.25, -0.2) is 13.2 Å². The van der Waals surface area contributed by atoms with Gasteiger partial charge in [-0.1, -0.05) is 6.92 Å². The van der Waals surface area contributed by atoms with Crippen molar-refractivity contribution in [3.8, 4) is 0 Å². The zero-order valence-corrected chi connectivity index (χ0v) is 18.0. The minimum Gasteiger partial charge on any atom is -0.475 e. The SMILES string of the molecule is CCC(C)N1CCCC2(CCC(=O)N2CCS(C)(=O)=O)CC1.O=C(O)C(F)(F)F. The van der Waals surface area contributed by atoms with Gasteiger partial charge in [-0.3, -0.25) is 4.79 Å². The van der Waals surface area contributed by atoms with Crippen molar-refractivity contribution >= 4 is 21.7 Å². The number of carboxylic acid groups (broad SMARTS) is 1. The van der Waals surface area contributed by atoms with E-state index < -0.39 is 22.0 Å². The number of hydrogen-bond acceptors (Lipinski definition) is 5. The first kappa shape index (κ1) is 25.7. The van der Waals surface area contributed by atoms with Crippen molar-refractivity contribution in [2.75, 3.05) is 31.6 Å². The average Bonchev–Trinajstić information content (AvgIpc) is 2.77. The molecule has 2 rings (SSSR count). The lowest BCUT2D eigenvalue weighted by Gasteiger charge is -2.38. The number of carboxylic acids is 1. The molecule has 0 aromatic carbocycles. The molecule has 0 aromatic rings. The molecule has 7 nitrogen and oxygen atoms in total. The summed E-state index contributed by atoms with van der Waals surface area (Å²) >= 11 is 0. The van der Waals surface area contributed by atoms with Crippen LogP contribution in [0.1, 0.15) is 52.4 Å². The second-order valence-electron chi connectivity index (χ2n) is 7.85. The Labute approximate surface area is 170 Å². The van der Waals surface area contributed by atoms with Crippen molar-refractivity contribution in [2.45, 2.75) is 70.1 Å². The lowest BCUT2D eigenvalue weighted by atomic mass is 9.88. The lowest BCUT2D eigenvalue weighted by molar-refractivity contribution is -0.192. The lowest BCUT2D eigenvalue weighted by Crippen LogP contribution is -2.48. The van der Waals surface area contributed by atoms with Crippen LogP contribution in [0.4, 0.5) is 13.2 Å². The van der Waals surface area contributed by atoms with Gasteiger partial charge in [-0.15, -0.1) is 0 Å². The Morgan fingerprint density at radius 1 is 1.24 bits per heavy atom. The van der Waals surface area contributed by atoms with Gasteiger partial charge in [0.25, 0.3) is 0 Å². The summed E-state index contributed by atoms with van der Waals surface area (Å²) in [6.45, 7) is 6.94. The van der Waals surface area contributed by atoms with Gasteiger partial charge in [0, 0.05) is 37.3 Å². The van der Waals surface area contributed by atoms with E-state index in [1.165, 1.54) is 6.26 Å². The van der Waals surface area contributed by atoms with Crippen LogP contribution in [0.3, 0.4) is 0 Å². The molecule has 2 unspecified atom stereocenters. The van der Waals surface area contributed by atoms with E-state index in [9.17, 15) is 26.4 Å². The Morgan fingerprint density at radius 2 is 1.83 bits per heavy atom. The number of carbonyl (C=O) groups is 2. The van der Waals surface area contributed by atoms with Crippen LogP contribution in [-0.2, 0) is 19.4 Å². The van der Waals surface area contributed by atoms with Crippen LogP contribution in [0.5, 0.6) is 0 Å². The molecule has 1 spiro atoms. The van der Waals surface area contributed by atoms with Crippen molar-refractivity contribution in [3.05, 3.63) is 0 Å². The molecule has 2 atom stereocenters. The minimum absolute atomic E-state index is 0.0789. The molecule has 0 radical (unpaired) electrons. The maximum Gasteiger partial charge on any atom is 0.490 e. The van der Waals surface area contributed by atoms with Gasteiger partial charge in [0.2, 0.25) is 5.91 Å². The number of nitrogens with zero attached hydrogens (tertiary/aromatic N) is 2. The zero-order valence-electron chi connectivity index (χ0n) is 17.2. The molecule has 2 saturated heterocycles. The Kier molecular flexibility index (Phi) is 8.94. The monoisotopic (exact) mass is 444 g/mol. The molecule has 1 N–H and O–H groups in total. The van der Waals surface area contributed by atoms with E-state index >= 15 is 0 Å². The fourth-order valence-electron chi connectivity index (χ4n) is 3.91. The molecular weight excluding hydrogens is 413 g/mol. The third-order valence-corrected chi connectivity index (χ3v) is 6.70. The normalized spacial score (nSPS) is 24.8. The minimum atomic E-state index is -5.08. The highest BCUT2D eigenvalue weighted by Gasteiger charge is 2.45. The van der Waals surface area contributed by atoms with Crippen molar-refractivity contribution in [2.24, 2.45) is 0 Å². The number of aliphatic carboxylic acids is 1. The molecule has 170 valence electrons. The Hall–Kier alpha value is -1.36. The van der Waals surface area contributed by atoms with Gasteiger partial charge in [0.15, 0.2) is 0 Å². The first-order chi connectivity index (χ1) is 13.2. The number of alkyl halides is 3. The summed E-state index contributed by atoms with van der Waals surface area (Å²) in [7, 11) is -3.03. The molecule has 0 aromatic heterocycles. The highest BCUT2D eigenvalue weighted by atomic mass is 32.2. The topological polar surface area (TPSA) is 95.0 Å². The first-order valence-electron chi connectivity index (χ1n) is 9.74. The van der Waals surface area contributed by atoms with E-state index in [4.69, 9.17) is 9.90 Å². The standard InChI is InChI=1S/C16H30N2O3S.C2HF3O2/c1-4-14(2)17-10-5-7-16(9-11-17)8-6-15(19)18(16)12-13-22(3,20)21;3-2(4,5)1(6)7/h14H,4-13H2,1-3H3;(H,6,7). The number of carbonyl (C=O) groups excluding carboxylic acids is 1. The second-order valence-corrected chi connectivity index (χ2v) is 10.1. The molecule has 29 heavy (non-hydrogen) atoms. The highest BCUT2D eigenvalue weighted by Crippen LogP contribution is 2.39. The third kappa shape index (κ3) is 7.76. The predicted molar refractivity (Wildman–Crippen MR) is 102 cm³/mol. The number of hydrogen-bond donors (Lipinski definition) is 1. The van der Waals surface area contributed by atoms with E-state index in [2.05, 4.69) is 18.7 Å². The largest absolute Gasteiger partial charge is 0.490 e. The summed E-state index contributed by atoms with van der Waals surface area (Å²) in [5, 5.41) is 7.12. The van der Waals surface area contributed by atoms with Crippen LogP contribution in [0, 0.1) is 0 Å². The molecule has 2 aliphatic heterocycles. The summed E-state index contributed by atoms with van der Waals surface area (Å²) < 4.78 is 54.7. The summed E-state index contributed by atoms with van der Waals surface area (Å²) in [4.78, 5) is 25.6. The fraction of sp³-hybridized carbons (Fsp3) is 0.889. The van der Waals surface area contributed by atoms with E-state index in [1.807, 2.05) is 4.90 Å². The molecule has 0 saturated carbocycles.